The highest BCUT2D eigenvalue weighted by Crippen LogP contribution is 2.17. The fourth-order valence-electron chi connectivity index (χ4n) is 1.26. The van der Waals surface area contributed by atoms with E-state index in [0.29, 0.717) is 17.2 Å². The van der Waals surface area contributed by atoms with Crippen molar-refractivity contribution in [3.05, 3.63) is 17.1 Å². The van der Waals surface area contributed by atoms with E-state index in [-0.39, 0.29) is 5.69 Å². The van der Waals surface area contributed by atoms with Crippen molar-refractivity contribution in [3.63, 3.8) is 0 Å². The highest BCUT2D eigenvalue weighted by atomic mass is 16.4. The second kappa shape index (κ2) is 3.61. The first-order valence-corrected chi connectivity index (χ1v) is 4.19. The Labute approximate surface area is 82.4 Å². The van der Waals surface area contributed by atoms with Gasteiger partial charge in [0.1, 0.15) is 11.6 Å². The minimum atomic E-state index is -1.02. The molecule has 0 spiro atoms. The molecule has 0 radical (unpaired) electrons. The molecular weight excluding hydrogens is 182 g/mol. The lowest BCUT2D eigenvalue weighted by atomic mass is 10.2. The van der Waals surface area contributed by atoms with Gasteiger partial charge in [0.15, 0.2) is 5.69 Å². The minimum Gasteiger partial charge on any atom is -0.476 e. The molecular formula is C9H13N3O2. The molecule has 1 aromatic rings. The van der Waals surface area contributed by atoms with Gasteiger partial charge in [-0.05, 0) is 13.8 Å². The molecule has 14 heavy (non-hydrogen) atoms. The van der Waals surface area contributed by atoms with E-state index in [0.717, 1.165) is 0 Å². The SMILES string of the molecule is Cc1nc(C(=O)O)c(C)c(N(C)C)n1. The Hall–Kier alpha value is -1.65. The average molecular weight is 195 g/mol. The second-order valence-corrected chi connectivity index (χ2v) is 3.27. The quantitative estimate of drug-likeness (QED) is 0.758. The molecule has 0 saturated carbocycles. The van der Waals surface area contributed by atoms with Crippen LogP contribution in [0.15, 0.2) is 0 Å². The molecule has 0 aliphatic heterocycles. The summed E-state index contributed by atoms with van der Waals surface area (Å²) < 4.78 is 0. The molecule has 0 unspecified atom stereocenters. The highest BCUT2D eigenvalue weighted by Gasteiger charge is 2.15. The largest absolute Gasteiger partial charge is 0.476 e. The Morgan fingerprint density at radius 1 is 1.29 bits per heavy atom. The molecule has 5 heteroatoms. The predicted molar refractivity (Wildman–Crippen MR) is 52.8 cm³/mol. The third kappa shape index (κ3) is 1.81. The fourth-order valence-corrected chi connectivity index (χ4v) is 1.26. The van der Waals surface area contributed by atoms with Crippen LogP contribution in [0, 0.1) is 13.8 Å². The second-order valence-electron chi connectivity index (χ2n) is 3.27. The average Bonchev–Trinajstić information content (AvgIpc) is 2.07. The minimum absolute atomic E-state index is 0.0706. The Balaban J connectivity index is 3.40. The zero-order chi connectivity index (χ0) is 10.9. The summed E-state index contributed by atoms with van der Waals surface area (Å²) in [4.78, 5) is 20.7. The van der Waals surface area contributed by atoms with Crippen molar-refractivity contribution in [2.24, 2.45) is 0 Å². The van der Waals surface area contributed by atoms with Crippen LogP contribution in [0.25, 0.3) is 0 Å². The number of aromatic nitrogens is 2. The Morgan fingerprint density at radius 2 is 1.86 bits per heavy atom. The molecule has 5 nitrogen and oxygen atoms in total. The van der Waals surface area contributed by atoms with Gasteiger partial charge in [0.2, 0.25) is 0 Å². The van der Waals surface area contributed by atoms with Crippen LogP contribution in [0.4, 0.5) is 5.82 Å². The highest BCUT2D eigenvalue weighted by molar-refractivity contribution is 5.88. The van der Waals surface area contributed by atoms with E-state index in [4.69, 9.17) is 5.11 Å². The Kier molecular flexibility index (Phi) is 2.69. The van der Waals surface area contributed by atoms with Crippen LogP contribution in [0.3, 0.4) is 0 Å². The number of anilines is 1. The van der Waals surface area contributed by atoms with Crippen molar-refractivity contribution >= 4 is 11.8 Å². The number of nitrogens with zero attached hydrogens (tertiary/aromatic N) is 3. The zero-order valence-corrected chi connectivity index (χ0v) is 8.70. The summed E-state index contributed by atoms with van der Waals surface area (Å²) in [6.07, 6.45) is 0. The normalized spacial score (nSPS) is 10.0. The van der Waals surface area contributed by atoms with Gasteiger partial charge in [0.05, 0.1) is 0 Å². The molecule has 1 aromatic heterocycles. The molecule has 0 aliphatic carbocycles. The molecule has 0 aromatic carbocycles. The first-order chi connectivity index (χ1) is 6.43. The van der Waals surface area contributed by atoms with Gasteiger partial charge >= 0.3 is 5.97 Å². The van der Waals surface area contributed by atoms with E-state index in [1.165, 1.54) is 0 Å². The van der Waals surface area contributed by atoms with Crippen molar-refractivity contribution in [1.82, 2.24) is 9.97 Å². The van der Waals surface area contributed by atoms with Crippen LogP contribution >= 0.6 is 0 Å². The summed E-state index contributed by atoms with van der Waals surface area (Å²) in [5.74, 6) is 0.0997. The van der Waals surface area contributed by atoms with Crippen LogP contribution < -0.4 is 4.90 Å². The van der Waals surface area contributed by atoms with E-state index in [9.17, 15) is 4.79 Å². The third-order valence-electron chi connectivity index (χ3n) is 1.86. The number of aryl methyl sites for hydroxylation is 1. The van der Waals surface area contributed by atoms with Crippen molar-refractivity contribution in [2.45, 2.75) is 13.8 Å². The molecule has 0 amide bonds. The molecule has 0 bridgehead atoms. The zero-order valence-electron chi connectivity index (χ0n) is 8.70. The number of hydrogen-bond acceptors (Lipinski definition) is 4. The molecule has 1 rings (SSSR count). The van der Waals surface area contributed by atoms with Gasteiger partial charge in [-0.1, -0.05) is 0 Å². The molecule has 1 N–H and O–H groups in total. The molecule has 0 aliphatic rings. The van der Waals surface area contributed by atoms with Crippen molar-refractivity contribution < 1.29 is 9.90 Å². The maximum absolute atomic E-state index is 10.8. The number of carboxylic acid groups (broad SMARTS) is 1. The molecule has 76 valence electrons. The monoisotopic (exact) mass is 195 g/mol. The number of carboxylic acids is 1. The smallest absolute Gasteiger partial charge is 0.354 e. The lowest BCUT2D eigenvalue weighted by Gasteiger charge is -2.15. The van der Waals surface area contributed by atoms with Gasteiger partial charge in [-0.25, -0.2) is 14.8 Å². The third-order valence-corrected chi connectivity index (χ3v) is 1.86. The summed E-state index contributed by atoms with van der Waals surface area (Å²) >= 11 is 0. The van der Waals surface area contributed by atoms with Crippen molar-refractivity contribution in [2.75, 3.05) is 19.0 Å². The van der Waals surface area contributed by atoms with Crippen LogP contribution in [-0.4, -0.2) is 35.1 Å². The first kappa shape index (κ1) is 10.4. The maximum Gasteiger partial charge on any atom is 0.354 e. The van der Waals surface area contributed by atoms with E-state index in [1.54, 1.807) is 18.7 Å². The first-order valence-electron chi connectivity index (χ1n) is 4.19. The standard InChI is InChI=1S/C9H13N3O2/c1-5-7(9(13)14)10-6(2)11-8(5)12(3)4/h1-4H3,(H,13,14). The summed E-state index contributed by atoms with van der Waals surface area (Å²) in [7, 11) is 3.64. The lowest BCUT2D eigenvalue weighted by Crippen LogP contribution is -2.17. The van der Waals surface area contributed by atoms with Crippen molar-refractivity contribution in [3.8, 4) is 0 Å². The van der Waals surface area contributed by atoms with Gasteiger partial charge in [0.25, 0.3) is 0 Å². The number of rotatable bonds is 2. The molecule has 0 fully saturated rings. The van der Waals surface area contributed by atoms with Crippen LogP contribution in [0.2, 0.25) is 0 Å². The topological polar surface area (TPSA) is 66.3 Å². The van der Waals surface area contributed by atoms with E-state index in [1.807, 2.05) is 14.1 Å². The molecule has 1 heterocycles. The van der Waals surface area contributed by atoms with Gasteiger partial charge in [-0.3, -0.25) is 0 Å². The van der Waals surface area contributed by atoms with Gasteiger partial charge in [0, 0.05) is 19.7 Å². The van der Waals surface area contributed by atoms with Crippen LogP contribution in [0.1, 0.15) is 21.9 Å². The van der Waals surface area contributed by atoms with E-state index >= 15 is 0 Å². The fraction of sp³-hybridized carbons (Fsp3) is 0.444. The van der Waals surface area contributed by atoms with Gasteiger partial charge in [-0.2, -0.15) is 0 Å². The summed E-state index contributed by atoms with van der Waals surface area (Å²) in [5, 5.41) is 8.89. The maximum atomic E-state index is 10.8. The van der Waals surface area contributed by atoms with E-state index in [2.05, 4.69) is 9.97 Å². The van der Waals surface area contributed by atoms with Gasteiger partial charge in [-0.15, -0.1) is 0 Å². The van der Waals surface area contributed by atoms with E-state index < -0.39 is 5.97 Å². The summed E-state index contributed by atoms with van der Waals surface area (Å²) in [5.41, 5.74) is 0.661. The Bertz CT molecular complexity index is 375. The molecule has 0 saturated heterocycles. The summed E-state index contributed by atoms with van der Waals surface area (Å²) in [6.45, 7) is 3.39. The van der Waals surface area contributed by atoms with Crippen LogP contribution in [0.5, 0.6) is 0 Å². The lowest BCUT2D eigenvalue weighted by molar-refractivity contribution is 0.0689. The Morgan fingerprint density at radius 3 is 2.29 bits per heavy atom. The predicted octanol–water partition coefficient (Wildman–Crippen LogP) is 0.858. The van der Waals surface area contributed by atoms with Crippen molar-refractivity contribution in [1.29, 1.82) is 0 Å². The van der Waals surface area contributed by atoms with Gasteiger partial charge < -0.3 is 10.0 Å². The summed E-state index contributed by atoms with van der Waals surface area (Å²) in [6, 6.07) is 0. The number of carbonyl (C=O) groups is 1. The number of aromatic carboxylic acids is 1. The molecule has 0 atom stereocenters. The number of hydrogen-bond donors (Lipinski definition) is 1. The van der Waals surface area contributed by atoms with Crippen LogP contribution in [-0.2, 0) is 0 Å².